The number of rotatable bonds is 4. The number of fused-ring (bicyclic) bond motifs is 1. The SMILES string of the molecule is NCCC1CCC(Nc2ccc3c(c2)CCC3)CC1. The van der Waals surface area contributed by atoms with Gasteiger partial charge in [0.1, 0.15) is 0 Å². The second-order valence-electron chi connectivity index (χ2n) is 6.28. The molecule has 0 aliphatic heterocycles. The molecule has 2 aliphatic rings. The first-order valence-corrected chi connectivity index (χ1v) is 7.93. The molecule has 0 saturated heterocycles. The lowest BCUT2D eigenvalue weighted by atomic mass is 9.84. The largest absolute Gasteiger partial charge is 0.382 e. The molecule has 1 fully saturated rings. The summed E-state index contributed by atoms with van der Waals surface area (Å²) in [5.41, 5.74) is 10.1. The highest BCUT2D eigenvalue weighted by molar-refractivity contribution is 5.50. The maximum absolute atomic E-state index is 5.65. The van der Waals surface area contributed by atoms with Crippen LogP contribution in [0.1, 0.15) is 49.7 Å². The van der Waals surface area contributed by atoms with Crippen LogP contribution in [0.3, 0.4) is 0 Å². The smallest absolute Gasteiger partial charge is 0.0345 e. The van der Waals surface area contributed by atoms with Gasteiger partial charge < -0.3 is 11.1 Å². The van der Waals surface area contributed by atoms with Crippen molar-refractivity contribution < 1.29 is 0 Å². The Morgan fingerprint density at radius 3 is 2.63 bits per heavy atom. The van der Waals surface area contributed by atoms with E-state index in [1.54, 1.807) is 11.1 Å². The van der Waals surface area contributed by atoms with Gasteiger partial charge in [0.2, 0.25) is 0 Å². The molecule has 2 aliphatic carbocycles. The Kier molecular flexibility index (Phi) is 4.07. The van der Waals surface area contributed by atoms with E-state index in [0.29, 0.717) is 6.04 Å². The molecule has 1 aromatic rings. The summed E-state index contributed by atoms with van der Waals surface area (Å²) in [7, 11) is 0. The Morgan fingerprint density at radius 2 is 1.84 bits per heavy atom. The van der Waals surface area contributed by atoms with Crippen LogP contribution in [0.4, 0.5) is 5.69 Å². The van der Waals surface area contributed by atoms with Crippen molar-refractivity contribution in [1.29, 1.82) is 0 Å². The maximum Gasteiger partial charge on any atom is 0.0345 e. The average Bonchev–Trinajstić information content (AvgIpc) is 2.89. The van der Waals surface area contributed by atoms with Gasteiger partial charge in [-0.05, 0) is 87.1 Å². The van der Waals surface area contributed by atoms with Crippen LogP contribution in [-0.2, 0) is 12.8 Å². The highest BCUT2D eigenvalue weighted by atomic mass is 14.9. The summed E-state index contributed by atoms with van der Waals surface area (Å²) in [5, 5.41) is 3.74. The molecule has 0 unspecified atom stereocenters. The summed E-state index contributed by atoms with van der Waals surface area (Å²) in [6, 6.07) is 7.66. The molecule has 0 radical (unpaired) electrons. The monoisotopic (exact) mass is 258 g/mol. The molecule has 0 aromatic heterocycles. The van der Waals surface area contributed by atoms with E-state index in [2.05, 4.69) is 23.5 Å². The van der Waals surface area contributed by atoms with Gasteiger partial charge in [0, 0.05) is 11.7 Å². The maximum atomic E-state index is 5.65. The first kappa shape index (κ1) is 13.0. The Labute approximate surface area is 116 Å². The second kappa shape index (κ2) is 5.96. The fourth-order valence-corrected chi connectivity index (χ4v) is 3.73. The van der Waals surface area contributed by atoms with Gasteiger partial charge in [-0.1, -0.05) is 6.07 Å². The molecule has 1 saturated carbocycles. The fraction of sp³-hybridized carbons (Fsp3) is 0.647. The van der Waals surface area contributed by atoms with Gasteiger partial charge in [0.15, 0.2) is 0 Å². The van der Waals surface area contributed by atoms with Gasteiger partial charge in [-0.3, -0.25) is 0 Å². The molecule has 104 valence electrons. The lowest BCUT2D eigenvalue weighted by Crippen LogP contribution is -2.27. The highest BCUT2D eigenvalue weighted by Crippen LogP contribution is 2.30. The van der Waals surface area contributed by atoms with Crippen LogP contribution in [0.15, 0.2) is 18.2 Å². The van der Waals surface area contributed by atoms with E-state index in [1.165, 1.54) is 57.1 Å². The van der Waals surface area contributed by atoms with Crippen molar-refractivity contribution in [1.82, 2.24) is 0 Å². The Bertz CT molecular complexity index is 419. The molecule has 2 heteroatoms. The third-order valence-corrected chi connectivity index (χ3v) is 4.89. The van der Waals surface area contributed by atoms with Crippen molar-refractivity contribution in [3.05, 3.63) is 29.3 Å². The topological polar surface area (TPSA) is 38.0 Å². The molecule has 19 heavy (non-hydrogen) atoms. The van der Waals surface area contributed by atoms with E-state index in [1.807, 2.05) is 0 Å². The lowest BCUT2D eigenvalue weighted by molar-refractivity contribution is 0.324. The van der Waals surface area contributed by atoms with Crippen molar-refractivity contribution in [3.63, 3.8) is 0 Å². The highest BCUT2D eigenvalue weighted by Gasteiger charge is 2.20. The predicted molar refractivity (Wildman–Crippen MR) is 81.5 cm³/mol. The first-order chi connectivity index (χ1) is 9.35. The molecule has 0 spiro atoms. The van der Waals surface area contributed by atoms with Gasteiger partial charge in [-0.2, -0.15) is 0 Å². The summed E-state index contributed by atoms with van der Waals surface area (Å²) in [6.07, 6.45) is 10.4. The van der Waals surface area contributed by atoms with Gasteiger partial charge in [0.25, 0.3) is 0 Å². The quantitative estimate of drug-likeness (QED) is 0.867. The number of hydrogen-bond donors (Lipinski definition) is 2. The summed E-state index contributed by atoms with van der Waals surface area (Å²) in [5.74, 6) is 0.878. The minimum Gasteiger partial charge on any atom is -0.382 e. The van der Waals surface area contributed by atoms with E-state index in [-0.39, 0.29) is 0 Å². The van der Waals surface area contributed by atoms with Gasteiger partial charge in [-0.15, -0.1) is 0 Å². The zero-order valence-electron chi connectivity index (χ0n) is 11.8. The van der Waals surface area contributed by atoms with E-state index in [4.69, 9.17) is 5.73 Å². The van der Waals surface area contributed by atoms with E-state index in [9.17, 15) is 0 Å². The van der Waals surface area contributed by atoms with Crippen molar-refractivity contribution >= 4 is 5.69 Å². The minimum absolute atomic E-state index is 0.675. The normalized spacial score (nSPS) is 26.2. The number of benzene rings is 1. The molecule has 3 N–H and O–H groups in total. The van der Waals surface area contributed by atoms with Crippen molar-refractivity contribution in [2.24, 2.45) is 11.7 Å². The van der Waals surface area contributed by atoms with E-state index >= 15 is 0 Å². The van der Waals surface area contributed by atoms with E-state index in [0.717, 1.165) is 12.5 Å². The van der Waals surface area contributed by atoms with Crippen LogP contribution in [0, 0.1) is 5.92 Å². The Hall–Kier alpha value is -1.02. The van der Waals surface area contributed by atoms with Crippen LogP contribution >= 0.6 is 0 Å². The number of aryl methyl sites for hydroxylation is 2. The predicted octanol–water partition coefficient (Wildman–Crippen LogP) is 3.49. The second-order valence-corrected chi connectivity index (χ2v) is 6.28. The van der Waals surface area contributed by atoms with Crippen LogP contribution in [-0.4, -0.2) is 12.6 Å². The van der Waals surface area contributed by atoms with Crippen LogP contribution in [0.2, 0.25) is 0 Å². The third kappa shape index (κ3) is 3.11. The number of hydrogen-bond acceptors (Lipinski definition) is 2. The first-order valence-electron chi connectivity index (χ1n) is 7.93. The van der Waals surface area contributed by atoms with Crippen LogP contribution in [0.25, 0.3) is 0 Å². The van der Waals surface area contributed by atoms with Crippen molar-refractivity contribution in [2.45, 2.75) is 57.4 Å². The molecular formula is C17H26N2. The van der Waals surface area contributed by atoms with Gasteiger partial charge >= 0.3 is 0 Å². The lowest BCUT2D eigenvalue weighted by Gasteiger charge is -2.29. The molecule has 0 atom stereocenters. The summed E-state index contributed by atoms with van der Waals surface area (Å²) in [6.45, 7) is 0.855. The third-order valence-electron chi connectivity index (χ3n) is 4.89. The number of nitrogens with two attached hydrogens (primary N) is 1. The van der Waals surface area contributed by atoms with Gasteiger partial charge in [-0.25, -0.2) is 0 Å². The van der Waals surface area contributed by atoms with Gasteiger partial charge in [0.05, 0.1) is 0 Å². The molecule has 3 rings (SSSR count). The molecule has 2 nitrogen and oxygen atoms in total. The summed E-state index contributed by atoms with van der Waals surface area (Å²) >= 11 is 0. The Morgan fingerprint density at radius 1 is 1.05 bits per heavy atom. The molecule has 1 aromatic carbocycles. The summed E-state index contributed by atoms with van der Waals surface area (Å²) in [4.78, 5) is 0. The molecule has 0 amide bonds. The van der Waals surface area contributed by atoms with Crippen LogP contribution < -0.4 is 11.1 Å². The van der Waals surface area contributed by atoms with E-state index < -0.39 is 0 Å². The molecule has 0 heterocycles. The summed E-state index contributed by atoms with van der Waals surface area (Å²) < 4.78 is 0. The number of nitrogens with one attached hydrogen (secondary N) is 1. The molecule has 0 bridgehead atoms. The zero-order chi connectivity index (χ0) is 13.1. The molecular weight excluding hydrogens is 232 g/mol. The minimum atomic E-state index is 0.675. The zero-order valence-corrected chi connectivity index (χ0v) is 11.8. The Balaban J connectivity index is 1.55. The van der Waals surface area contributed by atoms with Crippen molar-refractivity contribution in [3.8, 4) is 0 Å². The van der Waals surface area contributed by atoms with Crippen molar-refractivity contribution in [2.75, 3.05) is 11.9 Å². The fourth-order valence-electron chi connectivity index (χ4n) is 3.73. The average molecular weight is 258 g/mol. The van der Waals surface area contributed by atoms with Crippen LogP contribution in [0.5, 0.6) is 0 Å². The standard InChI is InChI=1S/C17H26N2/c18-11-10-13-4-7-16(8-5-13)19-17-9-6-14-2-1-3-15(14)12-17/h6,9,12-13,16,19H,1-5,7-8,10-11,18H2. The number of anilines is 1.